The zero-order valence-corrected chi connectivity index (χ0v) is 10.3. The van der Waals surface area contributed by atoms with Crippen LogP contribution in [0.5, 0.6) is 11.5 Å². The first-order chi connectivity index (χ1) is 8.04. The summed E-state index contributed by atoms with van der Waals surface area (Å²) in [5.74, 6) is 0.0914. The molecular weight excluding hydrogens is 218 g/mol. The molecule has 17 heavy (non-hydrogen) atoms. The Labute approximate surface area is 101 Å². The van der Waals surface area contributed by atoms with Crippen molar-refractivity contribution in [1.82, 2.24) is 5.32 Å². The lowest BCUT2D eigenvalue weighted by molar-refractivity contribution is 0.0957. The lowest BCUT2D eigenvalue weighted by Gasteiger charge is -2.06. The Bertz CT molecular complexity index is 434. The summed E-state index contributed by atoms with van der Waals surface area (Å²) in [7, 11) is 1.46. The number of ether oxygens (including phenoxy) is 1. The van der Waals surface area contributed by atoms with Crippen LogP contribution in [0.1, 0.15) is 24.2 Å². The van der Waals surface area contributed by atoms with Crippen molar-refractivity contribution in [2.45, 2.75) is 13.8 Å². The normalized spacial score (nSPS) is 9.59. The third-order valence-electron chi connectivity index (χ3n) is 2.21. The second-order valence-corrected chi connectivity index (χ2v) is 3.88. The van der Waals surface area contributed by atoms with Crippen LogP contribution in [0.15, 0.2) is 29.8 Å². The molecule has 0 aliphatic heterocycles. The molecule has 0 heterocycles. The number of amides is 1. The first-order valence-corrected chi connectivity index (χ1v) is 5.33. The van der Waals surface area contributed by atoms with Crippen LogP contribution in [0.4, 0.5) is 0 Å². The number of nitrogens with one attached hydrogen (secondary N) is 1. The number of rotatable bonds is 4. The lowest BCUT2D eigenvalue weighted by atomic mass is 10.2. The molecular formula is C13H17NO3. The summed E-state index contributed by atoms with van der Waals surface area (Å²) in [5, 5.41) is 12.3. The first kappa shape index (κ1) is 13.1. The fourth-order valence-corrected chi connectivity index (χ4v) is 1.28. The summed E-state index contributed by atoms with van der Waals surface area (Å²) in [5.41, 5.74) is 1.55. The number of phenolic OH excluding ortho intramolecular Hbond substituents is 1. The second kappa shape index (κ2) is 5.94. The molecule has 92 valence electrons. The maximum atomic E-state index is 11.7. The lowest BCUT2D eigenvalue weighted by Crippen LogP contribution is -2.23. The molecule has 0 spiro atoms. The minimum atomic E-state index is -0.222. The van der Waals surface area contributed by atoms with Gasteiger partial charge in [0.05, 0.1) is 7.11 Å². The number of hydrogen-bond donors (Lipinski definition) is 2. The number of methoxy groups -OCH3 is 1. The fourth-order valence-electron chi connectivity index (χ4n) is 1.28. The topological polar surface area (TPSA) is 58.6 Å². The molecule has 0 atom stereocenters. The zero-order chi connectivity index (χ0) is 12.8. The van der Waals surface area contributed by atoms with Crippen LogP contribution < -0.4 is 10.1 Å². The third kappa shape index (κ3) is 3.83. The van der Waals surface area contributed by atoms with Crippen molar-refractivity contribution >= 4 is 5.91 Å². The van der Waals surface area contributed by atoms with E-state index >= 15 is 0 Å². The van der Waals surface area contributed by atoms with Crippen LogP contribution in [0.25, 0.3) is 0 Å². The number of aromatic hydroxyl groups is 1. The summed E-state index contributed by atoms with van der Waals surface area (Å²) >= 11 is 0. The van der Waals surface area contributed by atoms with Gasteiger partial charge in [0.2, 0.25) is 0 Å². The Morgan fingerprint density at radius 2 is 2.18 bits per heavy atom. The van der Waals surface area contributed by atoms with Gasteiger partial charge < -0.3 is 15.2 Å². The highest BCUT2D eigenvalue weighted by Crippen LogP contribution is 2.25. The largest absolute Gasteiger partial charge is 0.504 e. The van der Waals surface area contributed by atoms with E-state index in [1.54, 1.807) is 12.1 Å². The average Bonchev–Trinajstić information content (AvgIpc) is 2.28. The van der Waals surface area contributed by atoms with Crippen molar-refractivity contribution < 1.29 is 14.6 Å². The number of benzene rings is 1. The second-order valence-electron chi connectivity index (χ2n) is 3.88. The van der Waals surface area contributed by atoms with Gasteiger partial charge in [-0.05, 0) is 32.0 Å². The number of carbonyl (C=O) groups is 1. The van der Waals surface area contributed by atoms with Crippen molar-refractivity contribution in [3.63, 3.8) is 0 Å². The smallest absolute Gasteiger partial charge is 0.251 e. The Morgan fingerprint density at radius 3 is 2.71 bits per heavy atom. The molecule has 1 rings (SSSR count). The molecule has 0 aromatic heterocycles. The van der Waals surface area contributed by atoms with E-state index in [1.807, 2.05) is 19.9 Å². The SMILES string of the molecule is COc1ccc(C(=O)NCC=C(C)C)cc1O. The van der Waals surface area contributed by atoms with Gasteiger partial charge in [-0.1, -0.05) is 11.6 Å². The standard InChI is InChI=1S/C13H17NO3/c1-9(2)6-7-14-13(16)10-4-5-12(17-3)11(15)8-10/h4-6,8,15H,7H2,1-3H3,(H,14,16). The van der Waals surface area contributed by atoms with Gasteiger partial charge in [-0.2, -0.15) is 0 Å². The van der Waals surface area contributed by atoms with E-state index in [0.29, 0.717) is 17.9 Å². The molecule has 0 saturated carbocycles. The maximum Gasteiger partial charge on any atom is 0.251 e. The Kier molecular flexibility index (Phi) is 4.57. The molecule has 0 unspecified atom stereocenters. The zero-order valence-electron chi connectivity index (χ0n) is 10.3. The first-order valence-electron chi connectivity index (χ1n) is 5.33. The summed E-state index contributed by atoms with van der Waals surface area (Å²) in [6.07, 6.45) is 1.92. The van der Waals surface area contributed by atoms with Gasteiger partial charge in [0, 0.05) is 12.1 Å². The molecule has 0 bridgehead atoms. The molecule has 1 aromatic rings. The summed E-state index contributed by atoms with van der Waals surface area (Å²) < 4.78 is 4.90. The minimum absolute atomic E-state index is 0.0395. The third-order valence-corrected chi connectivity index (χ3v) is 2.21. The van der Waals surface area contributed by atoms with Crippen molar-refractivity contribution in [1.29, 1.82) is 0 Å². The summed E-state index contributed by atoms with van der Waals surface area (Å²) in [6, 6.07) is 4.55. The van der Waals surface area contributed by atoms with E-state index in [0.717, 1.165) is 5.57 Å². The summed E-state index contributed by atoms with van der Waals surface area (Å²) in [4.78, 5) is 11.7. The molecule has 0 saturated heterocycles. The van der Waals surface area contributed by atoms with Crippen LogP contribution in [0, 0.1) is 0 Å². The van der Waals surface area contributed by atoms with E-state index < -0.39 is 0 Å². The van der Waals surface area contributed by atoms with Gasteiger partial charge in [0.15, 0.2) is 11.5 Å². The highest BCUT2D eigenvalue weighted by atomic mass is 16.5. The van der Waals surface area contributed by atoms with Gasteiger partial charge in [-0.15, -0.1) is 0 Å². The quantitative estimate of drug-likeness (QED) is 0.786. The summed E-state index contributed by atoms with van der Waals surface area (Å²) in [6.45, 7) is 4.41. The molecule has 0 aliphatic rings. The number of phenols is 1. The van der Waals surface area contributed by atoms with Gasteiger partial charge in [0.25, 0.3) is 5.91 Å². The molecule has 2 N–H and O–H groups in total. The predicted molar refractivity (Wildman–Crippen MR) is 66.4 cm³/mol. The van der Waals surface area contributed by atoms with Crippen LogP contribution in [0.3, 0.4) is 0 Å². The van der Waals surface area contributed by atoms with Crippen LogP contribution >= 0.6 is 0 Å². The van der Waals surface area contributed by atoms with E-state index in [4.69, 9.17) is 4.74 Å². The number of carbonyl (C=O) groups excluding carboxylic acids is 1. The van der Waals surface area contributed by atoms with Gasteiger partial charge in [0.1, 0.15) is 0 Å². The van der Waals surface area contributed by atoms with E-state index in [1.165, 1.54) is 13.2 Å². The molecule has 4 heteroatoms. The van der Waals surface area contributed by atoms with E-state index in [9.17, 15) is 9.90 Å². The number of allylic oxidation sites excluding steroid dienone is 1. The predicted octanol–water partition coefficient (Wildman–Crippen LogP) is 2.10. The maximum absolute atomic E-state index is 11.7. The van der Waals surface area contributed by atoms with Crippen molar-refractivity contribution in [2.75, 3.05) is 13.7 Å². The van der Waals surface area contributed by atoms with Crippen molar-refractivity contribution in [2.24, 2.45) is 0 Å². The van der Waals surface area contributed by atoms with Crippen LogP contribution in [-0.2, 0) is 0 Å². The van der Waals surface area contributed by atoms with E-state index in [-0.39, 0.29) is 11.7 Å². The number of hydrogen-bond acceptors (Lipinski definition) is 3. The van der Waals surface area contributed by atoms with Gasteiger partial charge >= 0.3 is 0 Å². The van der Waals surface area contributed by atoms with E-state index in [2.05, 4.69) is 5.32 Å². The average molecular weight is 235 g/mol. The fraction of sp³-hybridized carbons (Fsp3) is 0.308. The van der Waals surface area contributed by atoms with Gasteiger partial charge in [-0.3, -0.25) is 4.79 Å². The van der Waals surface area contributed by atoms with Crippen molar-refractivity contribution in [3.8, 4) is 11.5 Å². The molecule has 0 aliphatic carbocycles. The molecule has 4 nitrogen and oxygen atoms in total. The highest BCUT2D eigenvalue weighted by Gasteiger charge is 2.08. The molecule has 0 radical (unpaired) electrons. The van der Waals surface area contributed by atoms with Crippen LogP contribution in [-0.4, -0.2) is 24.7 Å². The van der Waals surface area contributed by atoms with Crippen molar-refractivity contribution in [3.05, 3.63) is 35.4 Å². The molecule has 1 amide bonds. The van der Waals surface area contributed by atoms with Crippen LogP contribution in [0.2, 0.25) is 0 Å². The monoisotopic (exact) mass is 235 g/mol. The Balaban J connectivity index is 2.70. The molecule has 1 aromatic carbocycles. The highest BCUT2D eigenvalue weighted by molar-refractivity contribution is 5.94. The Morgan fingerprint density at radius 1 is 1.47 bits per heavy atom. The van der Waals surface area contributed by atoms with Gasteiger partial charge in [-0.25, -0.2) is 0 Å². The Hall–Kier alpha value is -1.97. The molecule has 0 fully saturated rings. The minimum Gasteiger partial charge on any atom is -0.504 e.